The zero-order chi connectivity index (χ0) is 32.1. The maximum absolute atomic E-state index is 13.8. The van der Waals surface area contributed by atoms with Crippen molar-refractivity contribution < 1.29 is 22.6 Å². The first-order valence-corrected chi connectivity index (χ1v) is 17.2. The van der Waals surface area contributed by atoms with Gasteiger partial charge < -0.3 is 15.2 Å². The predicted octanol–water partition coefficient (Wildman–Crippen LogP) is 7.59. The molecule has 44 heavy (non-hydrogen) atoms. The van der Waals surface area contributed by atoms with Crippen LogP contribution in [0.15, 0.2) is 66.7 Å². The van der Waals surface area contributed by atoms with Crippen molar-refractivity contribution in [2.75, 3.05) is 17.6 Å². The Morgan fingerprint density at radius 1 is 0.932 bits per heavy atom. The largest absolute Gasteiger partial charge is 0.748 e. The molecule has 1 atom stereocenters. The zero-order valence-electron chi connectivity index (χ0n) is 25.2. The number of halogens is 2. The molecule has 2 N–H and O–H groups in total. The third kappa shape index (κ3) is 9.54. The fourth-order valence-electron chi connectivity index (χ4n) is 5.99. The summed E-state index contributed by atoms with van der Waals surface area (Å²) in [6.07, 6.45) is 4.61. The fraction of sp³-hybridized carbons (Fsp3) is 0.412. The number of anilines is 1. The van der Waals surface area contributed by atoms with Crippen LogP contribution in [0.3, 0.4) is 0 Å². The molecule has 0 bridgehead atoms. The molecule has 0 radical (unpaired) electrons. The topological polar surface area (TPSA) is 115 Å². The van der Waals surface area contributed by atoms with Gasteiger partial charge in [-0.2, -0.15) is 0 Å². The molecule has 1 fully saturated rings. The average molecular weight is 659 g/mol. The zero-order valence-corrected chi connectivity index (χ0v) is 27.6. The molecule has 3 aromatic carbocycles. The van der Waals surface area contributed by atoms with Crippen LogP contribution in [-0.2, 0) is 21.3 Å². The summed E-state index contributed by atoms with van der Waals surface area (Å²) in [7, 11) is -4.41. The molecular formula is C34H39Cl2N2O5S-. The highest BCUT2D eigenvalue weighted by molar-refractivity contribution is 7.85. The number of rotatable bonds is 10. The van der Waals surface area contributed by atoms with Crippen LogP contribution in [0.25, 0.3) is 11.1 Å². The molecule has 236 valence electrons. The number of carbonyl (C=O) groups is 2. The van der Waals surface area contributed by atoms with E-state index in [4.69, 9.17) is 23.2 Å². The monoisotopic (exact) mass is 657 g/mol. The fourth-order valence-corrected chi connectivity index (χ4v) is 6.86. The van der Waals surface area contributed by atoms with Crippen molar-refractivity contribution in [3.8, 4) is 11.1 Å². The van der Waals surface area contributed by atoms with Gasteiger partial charge in [-0.25, -0.2) is 8.42 Å². The Labute approximate surface area is 270 Å². The van der Waals surface area contributed by atoms with Crippen molar-refractivity contribution in [1.82, 2.24) is 5.32 Å². The quantitative estimate of drug-likeness (QED) is 0.218. The third-order valence-corrected chi connectivity index (χ3v) is 9.86. The molecule has 1 saturated carbocycles. The van der Waals surface area contributed by atoms with E-state index in [0.29, 0.717) is 33.6 Å². The van der Waals surface area contributed by atoms with Crippen molar-refractivity contribution in [2.45, 2.75) is 52.9 Å². The number of amides is 2. The first-order valence-electron chi connectivity index (χ1n) is 14.9. The number of benzene rings is 3. The van der Waals surface area contributed by atoms with Gasteiger partial charge in [0.2, 0.25) is 5.91 Å². The van der Waals surface area contributed by atoms with E-state index in [0.717, 1.165) is 42.4 Å². The lowest BCUT2D eigenvalue weighted by molar-refractivity contribution is -0.122. The Balaban J connectivity index is 1.47. The second-order valence-electron chi connectivity index (χ2n) is 12.7. The Morgan fingerprint density at radius 3 is 2.14 bits per heavy atom. The average Bonchev–Trinajstić information content (AvgIpc) is 2.95. The summed E-state index contributed by atoms with van der Waals surface area (Å²) in [6.45, 7) is 6.58. The van der Waals surface area contributed by atoms with Crippen molar-refractivity contribution in [3.05, 3.63) is 87.9 Å². The molecule has 7 nitrogen and oxygen atoms in total. The van der Waals surface area contributed by atoms with E-state index in [-0.39, 0.29) is 29.7 Å². The van der Waals surface area contributed by atoms with Gasteiger partial charge in [0.25, 0.3) is 5.91 Å². The van der Waals surface area contributed by atoms with Gasteiger partial charge in [0.1, 0.15) is 0 Å². The Hall–Kier alpha value is -2.91. The van der Waals surface area contributed by atoms with E-state index in [1.54, 1.807) is 24.3 Å². The molecule has 0 aromatic heterocycles. The van der Waals surface area contributed by atoms with Gasteiger partial charge >= 0.3 is 0 Å². The van der Waals surface area contributed by atoms with Crippen LogP contribution < -0.4 is 10.6 Å². The highest BCUT2D eigenvalue weighted by atomic mass is 35.5. The van der Waals surface area contributed by atoms with Crippen LogP contribution >= 0.6 is 23.2 Å². The van der Waals surface area contributed by atoms with Crippen LogP contribution in [0.2, 0.25) is 10.0 Å². The van der Waals surface area contributed by atoms with E-state index in [9.17, 15) is 22.6 Å². The van der Waals surface area contributed by atoms with E-state index in [1.807, 2.05) is 42.5 Å². The summed E-state index contributed by atoms with van der Waals surface area (Å²) in [5.41, 5.74) is 3.98. The molecule has 1 aliphatic carbocycles. The van der Waals surface area contributed by atoms with Crippen molar-refractivity contribution in [1.29, 1.82) is 0 Å². The summed E-state index contributed by atoms with van der Waals surface area (Å²) in [4.78, 5) is 26.2. The lowest BCUT2D eigenvalue weighted by atomic mass is 9.66. The second-order valence-corrected chi connectivity index (χ2v) is 15.1. The lowest BCUT2D eigenvalue weighted by Crippen LogP contribution is -2.35. The van der Waals surface area contributed by atoms with E-state index in [2.05, 4.69) is 31.4 Å². The summed E-state index contributed by atoms with van der Waals surface area (Å²) < 4.78 is 32.4. The molecule has 0 spiro atoms. The Kier molecular flexibility index (Phi) is 11.2. The standard InChI is InChI=1S/C34H40Cl2N2O5S/c1-34(2,3)26-12-8-24(9-13-26)30(20-22-4-6-25(7-5-22)32(39)37-18-19-44(41,42)43)33(40)38-28-15-10-23(11-16-28)29-17-14-27(35)21-31(29)36/h4-7,10-11,14-17,21,24,26,30H,8-9,12-13,18-20H2,1-3H3,(H,37,39)(H,38,40)(H,41,42,43)/p-1. The summed E-state index contributed by atoms with van der Waals surface area (Å²) in [5.74, 6) is -0.589. The lowest BCUT2D eigenvalue weighted by Gasteiger charge is -2.39. The highest BCUT2D eigenvalue weighted by Gasteiger charge is 2.35. The first kappa shape index (κ1) is 34.0. The van der Waals surface area contributed by atoms with Crippen LogP contribution in [-0.4, -0.2) is 37.1 Å². The van der Waals surface area contributed by atoms with E-state index < -0.39 is 21.8 Å². The first-order chi connectivity index (χ1) is 20.7. The molecule has 0 aliphatic heterocycles. The van der Waals surface area contributed by atoms with Gasteiger partial charge in [-0.3, -0.25) is 9.59 Å². The van der Waals surface area contributed by atoms with Crippen molar-refractivity contribution in [3.63, 3.8) is 0 Å². The Morgan fingerprint density at radius 2 is 1.57 bits per heavy atom. The number of hydrogen-bond donors (Lipinski definition) is 2. The summed E-state index contributed by atoms with van der Waals surface area (Å²) >= 11 is 12.4. The van der Waals surface area contributed by atoms with Gasteiger partial charge in [0, 0.05) is 39.3 Å². The molecule has 10 heteroatoms. The smallest absolute Gasteiger partial charge is 0.251 e. The minimum Gasteiger partial charge on any atom is -0.748 e. The van der Waals surface area contributed by atoms with Crippen LogP contribution in [0, 0.1) is 23.2 Å². The maximum atomic E-state index is 13.8. The normalized spacial score (nSPS) is 18.0. The van der Waals surface area contributed by atoms with Gasteiger partial charge in [-0.1, -0.05) is 74.3 Å². The molecule has 3 aromatic rings. The van der Waals surface area contributed by atoms with Gasteiger partial charge in [-0.15, -0.1) is 0 Å². The molecule has 4 rings (SSSR count). The molecule has 1 aliphatic rings. The number of nitrogens with one attached hydrogen (secondary N) is 2. The van der Waals surface area contributed by atoms with Crippen molar-refractivity contribution in [2.24, 2.45) is 23.2 Å². The Bertz CT molecular complexity index is 1560. The van der Waals surface area contributed by atoms with Crippen LogP contribution in [0.4, 0.5) is 5.69 Å². The highest BCUT2D eigenvalue weighted by Crippen LogP contribution is 2.43. The molecule has 1 unspecified atom stereocenters. The van der Waals surface area contributed by atoms with Crippen molar-refractivity contribution >= 4 is 50.8 Å². The second kappa shape index (κ2) is 14.5. The minimum atomic E-state index is -4.41. The van der Waals surface area contributed by atoms with Gasteiger partial charge in [0.05, 0.1) is 15.9 Å². The van der Waals surface area contributed by atoms with Crippen LogP contribution in [0.5, 0.6) is 0 Å². The minimum absolute atomic E-state index is 0.0397. The molecule has 0 saturated heterocycles. The predicted molar refractivity (Wildman–Crippen MR) is 176 cm³/mol. The van der Waals surface area contributed by atoms with Crippen LogP contribution in [0.1, 0.15) is 62.4 Å². The molecular weight excluding hydrogens is 619 g/mol. The van der Waals surface area contributed by atoms with E-state index in [1.165, 1.54) is 0 Å². The van der Waals surface area contributed by atoms with Gasteiger partial charge in [-0.05, 0) is 96.9 Å². The SMILES string of the molecule is CC(C)(C)C1CCC(C(Cc2ccc(C(=O)NCCS(=O)(=O)[O-])cc2)C(=O)Nc2ccc(-c3ccc(Cl)cc3Cl)cc2)CC1. The summed E-state index contributed by atoms with van der Waals surface area (Å²) in [5, 5.41) is 6.71. The summed E-state index contributed by atoms with van der Waals surface area (Å²) in [6, 6.07) is 19.9. The molecule has 0 heterocycles. The molecule has 2 amide bonds. The number of hydrogen-bond acceptors (Lipinski definition) is 5. The maximum Gasteiger partial charge on any atom is 0.251 e. The number of carbonyl (C=O) groups excluding carboxylic acids is 2. The third-order valence-electron chi connectivity index (χ3n) is 8.61. The van der Waals surface area contributed by atoms with E-state index >= 15 is 0 Å². The van der Waals surface area contributed by atoms with Gasteiger partial charge in [0.15, 0.2) is 0 Å².